The van der Waals surface area contributed by atoms with E-state index in [0.29, 0.717) is 12.3 Å². The molecule has 18 heavy (non-hydrogen) atoms. The number of carbonyl (C=O) groups excluding carboxylic acids is 2. The Balaban J connectivity index is 2.57. The number of methoxy groups -OCH3 is 1. The number of ketones is 1. The van der Waals surface area contributed by atoms with Crippen molar-refractivity contribution in [3.8, 4) is 0 Å². The van der Waals surface area contributed by atoms with E-state index in [1.807, 2.05) is 38.1 Å². The number of rotatable bonds is 6. The van der Waals surface area contributed by atoms with E-state index in [9.17, 15) is 9.59 Å². The van der Waals surface area contributed by atoms with Crippen LogP contribution in [0.5, 0.6) is 0 Å². The van der Waals surface area contributed by atoms with E-state index in [1.54, 1.807) is 0 Å². The van der Waals surface area contributed by atoms with Crippen molar-refractivity contribution in [2.45, 2.75) is 25.2 Å². The van der Waals surface area contributed by atoms with Gasteiger partial charge < -0.3 is 4.74 Å². The van der Waals surface area contributed by atoms with Gasteiger partial charge in [-0.15, -0.1) is 11.8 Å². The molecule has 0 aromatic heterocycles. The van der Waals surface area contributed by atoms with Crippen LogP contribution in [0.2, 0.25) is 0 Å². The number of ether oxygens (including phenoxy) is 1. The molecule has 0 saturated carbocycles. The van der Waals surface area contributed by atoms with Crippen LogP contribution in [0.15, 0.2) is 29.2 Å². The molecule has 4 heteroatoms. The van der Waals surface area contributed by atoms with Gasteiger partial charge >= 0.3 is 5.97 Å². The first-order chi connectivity index (χ1) is 8.52. The molecule has 0 fully saturated rings. The van der Waals surface area contributed by atoms with Gasteiger partial charge in [0.2, 0.25) is 0 Å². The van der Waals surface area contributed by atoms with Gasteiger partial charge in [-0.1, -0.05) is 26.0 Å². The monoisotopic (exact) mass is 266 g/mol. The Morgan fingerprint density at radius 2 is 1.83 bits per heavy atom. The molecule has 0 spiro atoms. The van der Waals surface area contributed by atoms with Crippen molar-refractivity contribution in [3.63, 3.8) is 0 Å². The number of thioether (sulfide) groups is 1. The normalized spacial score (nSPS) is 10.4. The van der Waals surface area contributed by atoms with Gasteiger partial charge in [-0.2, -0.15) is 0 Å². The third kappa shape index (κ3) is 4.92. The van der Waals surface area contributed by atoms with Crippen LogP contribution >= 0.6 is 11.8 Å². The Bertz CT molecular complexity index is 410. The lowest BCUT2D eigenvalue weighted by Crippen LogP contribution is -2.04. The molecule has 0 unspecified atom stereocenters. The standard InChI is InChI=1S/C14H18O3S/c1-10(2)8-13(15)11-4-6-12(7-5-11)18-9-14(16)17-3/h4-7,10H,8-9H2,1-3H3. The first kappa shape index (κ1) is 14.8. The molecule has 0 aliphatic heterocycles. The number of Topliss-reactive ketones (excluding diaryl/α,β-unsaturated/α-hetero) is 1. The number of carbonyl (C=O) groups is 2. The molecule has 1 rings (SSSR count). The summed E-state index contributed by atoms with van der Waals surface area (Å²) in [7, 11) is 1.37. The summed E-state index contributed by atoms with van der Waals surface area (Å²) >= 11 is 1.40. The molecule has 0 N–H and O–H groups in total. The molecule has 0 amide bonds. The Morgan fingerprint density at radius 1 is 1.22 bits per heavy atom. The Hall–Kier alpha value is -1.29. The van der Waals surface area contributed by atoms with Crippen LogP contribution in [-0.2, 0) is 9.53 Å². The second kappa shape index (κ2) is 7.21. The highest BCUT2D eigenvalue weighted by atomic mass is 32.2. The van der Waals surface area contributed by atoms with Crippen molar-refractivity contribution in [1.29, 1.82) is 0 Å². The molecule has 1 aromatic carbocycles. The lowest BCUT2D eigenvalue weighted by atomic mass is 10.0. The van der Waals surface area contributed by atoms with Gasteiger partial charge in [-0.25, -0.2) is 0 Å². The Kier molecular flexibility index (Phi) is 5.92. The lowest BCUT2D eigenvalue weighted by molar-refractivity contribution is -0.137. The maximum Gasteiger partial charge on any atom is 0.315 e. The van der Waals surface area contributed by atoms with Crippen molar-refractivity contribution in [3.05, 3.63) is 29.8 Å². The Morgan fingerprint density at radius 3 is 2.33 bits per heavy atom. The van der Waals surface area contributed by atoms with Crippen LogP contribution in [0.25, 0.3) is 0 Å². The zero-order valence-corrected chi connectivity index (χ0v) is 11.8. The first-order valence-electron chi connectivity index (χ1n) is 5.85. The zero-order chi connectivity index (χ0) is 13.5. The minimum atomic E-state index is -0.250. The van der Waals surface area contributed by atoms with Crippen LogP contribution in [0.1, 0.15) is 30.6 Å². The SMILES string of the molecule is COC(=O)CSc1ccc(C(=O)CC(C)C)cc1. The van der Waals surface area contributed by atoms with E-state index in [-0.39, 0.29) is 17.5 Å². The van der Waals surface area contributed by atoms with Gasteiger partial charge in [0.1, 0.15) is 0 Å². The molecular weight excluding hydrogens is 248 g/mol. The first-order valence-corrected chi connectivity index (χ1v) is 6.84. The lowest BCUT2D eigenvalue weighted by Gasteiger charge is -2.05. The van der Waals surface area contributed by atoms with Crippen molar-refractivity contribution in [2.24, 2.45) is 5.92 Å². The molecule has 0 radical (unpaired) electrons. The summed E-state index contributed by atoms with van der Waals surface area (Å²) in [6.07, 6.45) is 0.564. The van der Waals surface area contributed by atoms with Crippen LogP contribution in [0.4, 0.5) is 0 Å². The average molecular weight is 266 g/mol. The minimum Gasteiger partial charge on any atom is -0.468 e. The Labute approximate surface area is 112 Å². The molecule has 1 aromatic rings. The molecular formula is C14H18O3S. The summed E-state index contributed by atoms with van der Waals surface area (Å²) in [4.78, 5) is 23.7. The fourth-order valence-corrected chi connectivity index (χ4v) is 2.16. The zero-order valence-electron chi connectivity index (χ0n) is 10.9. The summed E-state index contributed by atoms with van der Waals surface area (Å²) < 4.78 is 4.56. The van der Waals surface area contributed by atoms with E-state index in [2.05, 4.69) is 4.74 Å². The van der Waals surface area contributed by atoms with Crippen molar-refractivity contribution in [2.75, 3.05) is 12.9 Å². The van der Waals surface area contributed by atoms with Crippen molar-refractivity contribution in [1.82, 2.24) is 0 Å². The number of benzene rings is 1. The third-order valence-electron chi connectivity index (χ3n) is 2.35. The van der Waals surface area contributed by atoms with E-state index in [0.717, 1.165) is 10.5 Å². The maximum absolute atomic E-state index is 11.8. The molecule has 0 aliphatic rings. The largest absolute Gasteiger partial charge is 0.468 e. The van der Waals surface area contributed by atoms with Gasteiger partial charge in [-0.3, -0.25) is 9.59 Å². The number of hydrogen-bond acceptors (Lipinski definition) is 4. The van der Waals surface area contributed by atoms with Crippen molar-refractivity contribution < 1.29 is 14.3 Å². The van der Waals surface area contributed by atoms with E-state index < -0.39 is 0 Å². The van der Waals surface area contributed by atoms with Crippen molar-refractivity contribution >= 4 is 23.5 Å². The molecule has 0 bridgehead atoms. The van der Waals surface area contributed by atoms with Gasteiger partial charge in [0.05, 0.1) is 12.9 Å². The van der Waals surface area contributed by atoms with E-state index in [1.165, 1.54) is 18.9 Å². The smallest absolute Gasteiger partial charge is 0.315 e. The fraction of sp³-hybridized carbons (Fsp3) is 0.429. The predicted molar refractivity (Wildman–Crippen MR) is 73.0 cm³/mol. The molecule has 0 saturated heterocycles. The predicted octanol–water partition coefficient (Wildman–Crippen LogP) is 3.18. The van der Waals surface area contributed by atoms with Crippen LogP contribution in [-0.4, -0.2) is 24.6 Å². The van der Waals surface area contributed by atoms with E-state index in [4.69, 9.17) is 0 Å². The average Bonchev–Trinajstić information content (AvgIpc) is 2.35. The minimum absolute atomic E-state index is 0.162. The topological polar surface area (TPSA) is 43.4 Å². The second-order valence-electron chi connectivity index (χ2n) is 4.41. The maximum atomic E-state index is 11.8. The molecule has 98 valence electrons. The summed E-state index contributed by atoms with van der Waals surface area (Å²) in [5.41, 5.74) is 0.728. The second-order valence-corrected chi connectivity index (χ2v) is 5.46. The quantitative estimate of drug-likeness (QED) is 0.450. The van der Waals surface area contributed by atoms with Gasteiger partial charge in [0.25, 0.3) is 0 Å². The fourth-order valence-electron chi connectivity index (χ4n) is 1.43. The van der Waals surface area contributed by atoms with Gasteiger partial charge in [0.15, 0.2) is 5.78 Å². The van der Waals surface area contributed by atoms with Gasteiger partial charge in [0, 0.05) is 16.9 Å². The molecule has 0 aliphatic carbocycles. The highest BCUT2D eigenvalue weighted by molar-refractivity contribution is 8.00. The summed E-state index contributed by atoms with van der Waals surface area (Å²) in [6, 6.07) is 7.34. The molecule has 0 heterocycles. The summed E-state index contributed by atoms with van der Waals surface area (Å²) in [5, 5.41) is 0. The summed E-state index contributed by atoms with van der Waals surface area (Å²) in [6.45, 7) is 4.05. The summed E-state index contributed by atoms with van der Waals surface area (Å²) in [5.74, 6) is 0.566. The molecule has 3 nitrogen and oxygen atoms in total. The highest BCUT2D eigenvalue weighted by Gasteiger charge is 2.08. The number of hydrogen-bond donors (Lipinski definition) is 0. The molecule has 0 atom stereocenters. The van der Waals surface area contributed by atoms with Crippen LogP contribution in [0.3, 0.4) is 0 Å². The number of esters is 1. The van der Waals surface area contributed by atoms with E-state index >= 15 is 0 Å². The van der Waals surface area contributed by atoms with Crippen LogP contribution < -0.4 is 0 Å². The highest BCUT2D eigenvalue weighted by Crippen LogP contribution is 2.19. The third-order valence-corrected chi connectivity index (χ3v) is 3.34. The van der Waals surface area contributed by atoms with Crippen LogP contribution in [0, 0.1) is 5.92 Å². The van der Waals surface area contributed by atoms with Gasteiger partial charge in [-0.05, 0) is 18.1 Å².